The molecule has 1 N–H and O–H groups in total. The maximum atomic E-state index is 12.4. The molecule has 2 aromatic carbocycles. The highest BCUT2D eigenvalue weighted by atomic mass is 32.2. The standard InChI is InChI=1S/C24H24N2O4S/c1-17-4-10-20(11-5-17)30-14-12-25-23(28)18-6-8-19(9-7-18)24-26(22(27)16-31-24)15-21-3-2-13-29-21/h2-11,13,24H,12,14-16H2,1H3,(H,25,28). The van der Waals surface area contributed by atoms with Crippen molar-refractivity contribution >= 4 is 23.6 Å². The molecule has 2 heterocycles. The minimum atomic E-state index is -0.151. The van der Waals surface area contributed by atoms with Crippen molar-refractivity contribution in [3.05, 3.63) is 89.4 Å². The third kappa shape index (κ3) is 5.30. The second-order valence-electron chi connectivity index (χ2n) is 7.30. The van der Waals surface area contributed by atoms with Crippen LogP contribution in [0.15, 0.2) is 71.3 Å². The summed E-state index contributed by atoms with van der Waals surface area (Å²) in [5.41, 5.74) is 2.74. The molecule has 1 aromatic heterocycles. The fraction of sp³-hybridized carbons (Fsp3) is 0.250. The van der Waals surface area contributed by atoms with Gasteiger partial charge in [-0.25, -0.2) is 0 Å². The smallest absolute Gasteiger partial charge is 0.251 e. The molecular weight excluding hydrogens is 412 g/mol. The summed E-state index contributed by atoms with van der Waals surface area (Å²) in [6.07, 6.45) is 1.61. The molecule has 4 rings (SSSR count). The van der Waals surface area contributed by atoms with E-state index in [0.717, 1.165) is 17.1 Å². The van der Waals surface area contributed by atoms with Crippen LogP contribution in [0, 0.1) is 6.92 Å². The van der Waals surface area contributed by atoms with Crippen LogP contribution in [0.3, 0.4) is 0 Å². The molecule has 31 heavy (non-hydrogen) atoms. The second-order valence-corrected chi connectivity index (χ2v) is 8.37. The van der Waals surface area contributed by atoms with Crippen LogP contribution in [0.25, 0.3) is 0 Å². The van der Waals surface area contributed by atoms with Crippen LogP contribution in [0.5, 0.6) is 5.75 Å². The summed E-state index contributed by atoms with van der Waals surface area (Å²) in [6, 6.07) is 18.9. The van der Waals surface area contributed by atoms with E-state index in [0.29, 0.717) is 31.0 Å². The molecule has 2 amide bonds. The Bertz CT molecular complexity index is 1020. The van der Waals surface area contributed by atoms with Gasteiger partial charge in [0.1, 0.15) is 23.5 Å². The molecule has 0 radical (unpaired) electrons. The van der Waals surface area contributed by atoms with Crippen molar-refractivity contribution < 1.29 is 18.7 Å². The molecule has 1 fully saturated rings. The van der Waals surface area contributed by atoms with Crippen LogP contribution in [0.4, 0.5) is 0 Å². The fourth-order valence-corrected chi connectivity index (χ4v) is 4.53. The predicted molar refractivity (Wildman–Crippen MR) is 120 cm³/mol. The van der Waals surface area contributed by atoms with Crippen molar-refractivity contribution in [1.82, 2.24) is 10.2 Å². The summed E-state index contributed by atoms with van der Waals surface area (Å²) >= 11 is 1.58. The number of ether oxygens (including phenoxy) is 1. The van der Waals surface area contributed by atoms with Gasteiger partial charge in [0, 0.05) is 5.56 Å². The molecule has 1 aliphatic rings. The quantitative estimate of drug-likeness (QED) is 0.537. The summed E-state index contributed by atoms with van der Waals surface area (Å²) in [7, 11) is 0. The zero-order chi connectivity index (χ0) is 21.6. The molecule has 1 saturated heterocycles. The molecular formula is C24H24N2O4S. The Labute approximate surface area is 185 Å². The van der Waals surface area contributed by atoms with Crippen molar-refractivity contribution in [2.75, 3.05) is 18.9 Å². The summed E-state index contributed by atoms with van der Waals surface area (Å²) < 4.78 is 11.0. The van der Waals surface area contributed by atoms with Gasteiger partial charge in [-0.2, -0.15) is 0 Å². The lowest BCUT2D eigenvalue weighted by atomic mass is 10.1. The van der Waals surface area contributed by atoms with E-state index in [1.807, 2.05) is 55.5 Å². The highest BCUT2D eigenvalue weighted by molar-refractivity contribution is 8.00. The Morgan fingerprint density at radius 3 is 2.65 bits per heavy atom. The number of nitrogens with one attached hydrogen (secondary N) is 1. The van der Waals surface area contributed by atoms with Gasteiger partial charge >= 0.3 is 0 Å². The number of benzene rings is 2. The van der Waals surface area contributed by atoms with E-state index < -0.39 is 0 Å². The van der Waals surface area contributed by atoms with Gasteiger partial charge in [0.15, 0.2) is 0 Å². The van der Waals surface area contributed by atoms with Crippen molar-refractivity contribution in [3.8, 4) is 5.75 Å². The Kier molecular flexibility index (Phi) is 6.62. The number of hydrogen-bond donors (Lipinski definition) is 1. The van der Waals surface area contributed by atoms with Crippen LogP contribution in [-0.2, 0) is 11.3 Å². The Hall–Kier alpha value is -3.19. The highest BCUT2D eigenvalue weighted by Crippen LogP contribution is 2.39. The van der Waals surface area contributed by atoms with E-state index in [1.165, 1.54) is 5.56 Å². The van der Waals surface area contributed by atoms with Gasteiger partial charge in [-0.15, -0.1) is 11.8 Å². The van der Waals surface area contributed by atoms with E-state index in [9.17, 15) is 9.59 Å². The summed E-state index contributed by atoms with van der Waals surface area (Å²) in [5, 5.41) is 2.78. The van der Waals surface area contributed by atoms with Crippen LogP contribution < -0.4 is 10.1 Å². The van der Waals surface area contributed by atoms with Crippen molar-refractivity contribution in [3.63, 3.8) is 0 Å². The van der Waals surface area contributed by atoms with Gasteiger partial charge in [-0.05, 0) is 48.9 Å². The predicted octanol–water partition coefficient (Wildman–Crippen LogP) is 4.17. The van der Waals surface area contributed by atoms with Gasteiger partial charge in [0.25, 0.3) is 5.91 Å². The van der Waals surface area contributed by atoms with Crippen LogP contribution in [-0.4, -0.2) is 35.6 Å². The molecule has 1 unspecified atom stereocenters. The highest BCUT2D eigenvalue weighted by Gasteiger charge is 2.33. The molecule has 7 heteroatoms. The monoisotopic (exact) mass is 436 g/mol. The SMILES string of the molecule is Cc1ccc(OCCNC(=O)c2ccc(C3SCC(=O)N3Cc3ccco3)cc2)cc1. The third-order valence-corrected chi connectivity index (χ3v) is 6.27. The molecule has 6 nitrogen and oxygen atoms in total. The molecule has 0 aliphatic carbocycles. The number of thioether (sulfide) groups is 1. The topological polar surface area (TPSA) is 71.8 Å². The van der Waals surface area contributed by atoms with Crippen LogP contribution in [0.2, 0.25) is 0 Å². The largest absolute Gasteiger partial charge is 0.492 e. The van der Waals surface area contributed by atoms with E-state index in [1.54, 1.807) is 35.1 Å². The van der Waals surface area contributed by atoms with Gasteiger partial charge < -0.3 is 19.4 Å². The maximum absolute atomic E-state index is 12.4. The molecule has 1 aliphatic heterocycles. The maximum Gasteiger partial charge on any atom is 0.251 e. The molecule has 0 saturated carbocycles. The average Bonchev–Trinajstić information content (AvgIpc) is 3.43. The van der Waals surface area contributed by atoms with Crippen LogP contribution in [0.1, 0.15) is 32.6 Å². The molecule has 1 atom stereocenters. The Morgan fingerprint density at radius 2 is 1.94 bits per heavy atom. The number of carbonyl (C=O) groups excluding carboxylic acids is 2. The van der Waals surface area contributed by atoms with Crippen molar-refractivity contribution in [2.45, 2.75) is 18.8 Å². The van der Waals surface area contributed by atoms with E-state index in [-0.39, 0.29) is 17.2 Å². The normalized spacial score (nSPS) is 15.8. The number of nitrogens with zero attached hydrogens (tertiary/aromatic N) is 1. The fourth-order valence-electron chi connectivity index (χ4n) is 3.34. The first-order valence-corrected chi connectivity index (χ1v) is 11.2. The van der Waals surface area contributed by atoms with Gasteiger partial charge in [-0.3, -0.25) is 9.59 Å². The minimum Gasteiger partial charge on any atom is -0.492 e. The number of furan rings is 1. The number of rotatable bonds is 8. The number of hydrogen-bond acceptors (Lipinski definition) is 5. The zero-order valence-corrected chi connectivity index (χ0v) is 18.1. The summed E-state index contributed by atoms with van der Waals surface area (Å²) in [5.74, 6) is 1.91. The van der Waals surface area contributed by atoms with E-state index >= 15 is 0 Å². The first-order chi connectivity index (χ1) is 15.1. The number of aryl methyl sites for hydroxylation is 1. The Morgan fingerprint density at radius 1 is 1.16 bits per heavy atom. The lowest BCUT2D eigenvalue weighted by Crippen LogP contribution is -2.28. The van der Waals surface area contributed by atoms with Gasteiger partial charge in [-0.1, -0.05) is 29.8 Å². The second kappa shape index (κ2) is 9.75. The van der Waals surface area contributed by atoms with Crippen LogP contribution >= 0.6 is 11.8 Å². The molecule has 3 aromatic rings. The molecule has 0 spiro atoms. The zero-order valence-electron chi connectivity index (χ0n) is 17.2. The number of carbonyl (C=O) groups is 2. The first-order valence-electron chi connectivity index (χ1n) is 10.1. The van der Waals surface area contributed by atoms with E-state index in [2.05, 4.69) is 5.32 Å². The number of amides is 2. The van der Waals surface area contributed by atoms with Gasteiger partial charge in [0.05, 0.1) is 25.1 Å². The first kappa shape index (κ1) is 21.1. The minimum absolute atomic E-state index is 0.0850. The lowest BCUT2D eigenvalue weighted by molar-refractivity contribution is -0.128. The van der Waals surface area contributed by atoms with Crippen molar-refractivity contribution in [2.24, 2.45) is 0 Å². The molecule has 160 valence electrons. The molecule has 0 bridgehead atoms. The van der Waals surface area contributed by atoms with E-state index in [4.69, 9.17) is 9.15 Å². The van der Waals surface area contributed by atoms with Gasteiger partial charge in [0.2, 0.25) is 5.91 Å². The lowest BCUT2D eigenvalue weighted by Gasteiger charge is -2.23. The van der Waals surface area contributed by atoms with Crippen molar-refractivity contribution in [1.29, 1.82) is 0 Å². The average molecular weight is 437 g/mol. The summed E-state index contributed by atoms with van der Waals surface area (Å²) in [6.45, 7) is 3.27. The third-order valence-electron chi connectivity index (χ3n) is 5.01. The summed E-state index contributed by atoms with van der Waals surface area (Å²) in [4.78, 5) is 26.5. The Balaban J connectivity index is 1.30.